The van der Waals surface area contributed by atoms with Crippen molar-refractivity contribution < 1.29 is 0 Å². The second kappa shape index (κ2) is 6.18. The van der Waals surface area contributed by atoms with Crippen molar-refractivity contribution in [3.8, 4) is 0 Å². The molecule has 0 saturated carbocycles. The second-order valence-electron chi connectivity index (χ2n) is 4.61. The molecule has 2 rings (SSSR count). The minimum atomic E-state index is 0.760. The fourth-order valence-corrected chi connectivity index (χ4v) is 1.85. The van der Waals surface area contributed by atoms with E-state index in [1.165, 1.54) is 5.56 Å². The van der Waals surface area contributed by atoms with Crippen molar-refractivity contribution >= 4 is 17.3 Å². The highest BCUT2D eigenvalue weighted by Gasteiger charge is 2.02. The molecular weight excluding hydrogens is 236 g/mol. The Labute approximate surface area is 114 Å². The van der Waals surface area contributed by atoms with Gasteiger partial charge in [-0.25, -0.2) is 9.97 Å². The van der Waals surface area contributed by atoms with Gasteiger partial charge in [0.05, 0.1) is 0 Å². The fourth-order valence-electron chi connectivity index (χ4n) is 1.85. The number of hydrogen-bond acceptors (Lipinski definition) is 4. The van der Waals surface area contributed by atoms with E-state index >= 15 is 0 Å². The first-order valence-corrected chi connectivity index (χ1v) is 6.60. The van der Waals surface area contributed by atoms with E-state index < -0.39 is 0 Å². The van der Waals surface area contributed by atoms with Crippen LogP contribution in [-0.2, 0) is 0 Å². The monoisotopic (exact) mass is 256 g/mol. The number of aromatic nitrogens is 2. The highest BCUT2D eigenvalue weighted by Crippen LogP contribution is 2.18. The van der Waals surface area contributed by atoms with E-state index in [4.69, 9.17) is 0 Å². The number of rotatable bonds is 5. The third-order valence-corrected chi connectivity index (χ3v) is 2.68. The van der Waals surface area contributed by atoms with Gasteiger partial charge in [-0.15, -0.1) is 0 Å². The highest BCUT2D eigenvalue weighted by molar-refractivity contribution is 5.59. The normalized spacial score (nSPS) is 10.3. The molecule has 4 nitrogen and oxygen atoms in total. The molecule has 4 heteroatoms. The molecular formula is C15H20N4. The summed E-state index contributed by atoms with van der Waals surface area (Å²) in [4.78, 5) is 8.77. The van der Waals surface area contributed by atoms with Crippen molar-refractivity contribution in [1.82, 2.24) is 9.97 Å². The van der Waals surface area contributed by atoms with E-state index in [-0.39, 0.29) is 0 Å². The van der Waals surface area contributed by atoms with E-state index in [1.54, 1.807) is 0 Å². The molecule has 0 saturated heterocycles. The molecule has 0 spiro atoms. The predicted molar refractivity (Wildman–Crippen MR) is 80.0 cm³/mol. The van der Waals surface area contributed by atoms with Crippen molar-refractivity contribution in [1.29, 1.82) is 0 Å². The van der Waals surface area contributed by atoms with Crippen LogP contribution in [0.2, 0.25) is 0 Å². The standard InChI is InChI=1S/C15H20N4/c1-4-8-16-14-10-15(18-12(3)17-14)19-13-7-5-6-11(2)9-13/h5-7,9-10H,4,8H2,1-3H3,(H2,16,17,18,19). The molecule has 100 valence electrons. The van der Waals surface area contributed by atoms with Crippen molar-refractivity contribution in [2.45, 2.75) is 27.2 Å². The van der Waals surface area contributed by atoms with Gasteiger partial charge < -0.3 is 10.6 Å². The minimum Gasteiger partial charge on any atom is -0.370 e. The Balaban J connectivity index is 2.17. The van der Waals surface area contributed by atoms with Crippen LogP contribution in [-0.4, -0.2) is 16.5 Å². The van der Waals surface area contributed by atoms with Crippen LogP contribution in [0.3, 0.4) is 0 Å². The number of hydrogen-bond donors (Lipinski definition) is 2. The van der Waals surface area contributed by atoms with E-state index in [0.29, 0.717) is 0 Å². The molecule has 2 aromatic rings. The van der Waals surface area contributed by atoms with Crippen LogP contribution in [0, 0.1) is 13.8 Å². The van der Waals surface area contributed by atoms with Crippen molar-refractivity contribution in [2.75, 3.05) is 17.2 Å². The molecule has 1 heterocycles. The maximum atomic E-state index is 4.40. The van der Waals surface area contributed by atoms with E-state index in [1.807, 2.05) is 25.1 Å². The average Bonchev–Trinajstić information content (AvgIpc) is 2.35. The van der Waals surface area contributed by atoms with Crippen LogP contribution in [0.1, 0.15) is 24.7 Å². The number of aryl methyl sites for hydroxylation is 2. The number of nitrogens with one attached hydrogen (secondary N) is 2. The van der Waals surface area contributed by atoms with Gasteiger partial charge in [-0.3, -0.25) is 0 Å². The summed E-state index contributed by atoms with van der Waals surface area (Å²) in [6.45, 7) is 7.02. The quantitative estimate of drug-likeness (QED) is 0.857. The van der Waals surface area contributed by atoms with E-state index in [0.717, 1.165) is 36.1 Å². The Morgan fingerprint density at radius 1 is 1.05 bits per heavy atom. The van der Waals surface area contributed by atoms with Crippen LogP contribution in [0.5, 0.6) is 0 Å². The second-order valence-corrected chi connectivity index (χ2v) is 4.61. The number of anilines is 3. The molecule has 0 unspecified atom stereocenters. The van der Waals surface area contributed by atoms with Crippen LogP contribution in [0.15, 0.2) is 30.3 Å². The summed E-state index contributed by atoms with van der Waals surface area (Å²) in [5.41, 5.74) is 2.26. The molecule has 1 aromatic carbocycles. The van der Waals surface area contributed by atoms with Gasteiger partial charge >= 0.3 is 0 Å². The Kier molecular flexibility index (Phi) is 4.34. The molecule has 1 aromatic heterocycles. The highest BCUT2D eigenvalue weighted by atomic mass is 15.1. The Hall–Kier alpha value is -2.10. The van der Waals surface area contributed by atoms with Gasteiger partial charge in [-0.2, -0.15) is 0 Å². The molecule has 0 amide bonds. The van der Waals surface area contributed by atoms with Gasteiger partial charge in [0, 0.05) is 18.3 Å². The smallest absolute Gasteiger partial charge is 0.136 e. The van der Waals surface area contributed by atoms with Crippen LogP contribution >= 0.6 is 0 Å². The molecule has 0 aliphatic carbocycles. The summed E-state index contributed by atoms with van der Waals surface area (Å²) < 4.78 is 0. The third kappa shape index (κ3) is 3.95. The molecule has 0 bridgehead atoms. The number of benzene rings is 1. The Bertz CT molecular complexity index is 552. The lowest BCUT2D eigenvalue weighted by Crippen LogP contribution is -2.05. The summed E-state index contributed by atoms with van der Waals surface area (Å²) in [7, 11) is 0. The molecule has 0 radical (unpaired) electrons. The van der Waals surface area contributed by atoms with Gasteiger partial charge in [-0.05, 0) is 38.0 Å². The summed E-state index contributed by atoms with van der Waals surface area (Å²) in [6.07, 6.45) is 1.07. The summed E-state index contributed by atoms with van der Waals surface area (Å²) in [5, 5.41) is 6.59. The van der Waals surface area contributed by atoms with Gasteiger partial charge in [0.2, 0.25) is 0 Å². The topological polar surface area (TPSA) is 49.8 Å². The minimum absolute atomic E-state index is 0.760. The molecule has 0 aliphatic heterocycles. The molecule has 0 aliphatic rings. The maximum Gasteiger partial charge on any atom is 0.136 e. The van der Waals surface area contributed by atoms with Crippen molar-refractivity contribution in [3.63, 3.8) is 0 Å². The van der Waals surface area contributed by atoms with Gasteiger partial charge in [0.25, 0.3) is 0 Å². The zero-order valence-corrected chi connectivity index (χ0v) is 11.7. The Morgan fingerprint density at radius 3 is 2.58 bits per heavy atom. The molecule has 2 N–H and O–H groups in total. The van der Waals surface area contributed by atoms with Gasteiger partial charge in [0.15, 0.2) is 0 Å². The zero-order chi connectivity index (χ0) is 13.7. The van der Waals surface area contributed by atoms with E-state index in [9.17, 15) is 0 Å². The van der Waals surface area contributed by atoms with Gasteiger partial charge in [-0.1, -0.05) is 19.1 Å². The van der Waals surface area contributed by atoms with E-state index in [2.05, 4.69) is 46.6 Å². The predicted octanol–water partition coefficient (Wildman–Crippen LogP) is 3.66. The van der Waals surface area contributed by atoms with Crippen LogP contribution in [0.4, 0.5) is 17.3 Å². The van der Waals surface area contributed by atoms with Crippen molar-refractivity contribution in [3.05, 3.63) is 41.7 Å². The lowest BCUT2D eigenvalue weighted by atomic mass is 10.2. The first-order chi connectivity index (χ1) is 9.17. The lowest BCUT2D eigenvalue weighted by molar-refractivity contribution is 0.955. The first-order valence-electron chi connectivity index (χ1n) is 6.60. The lowest BCUT2D eigenvalue weighted by Gasteiger charge is -2.10. The van der Waals surface area contributed by atoms with Crippen LogP contribution < -0.4 is 10.6 Å². The van der Waals surface area contributed by atoms with Crippen molar-refractivity contribution in [2.24, 2.45) is 0 Å². The molecule has 19 heavy (non-hydrogen) atoms. The Morgan fingerprint density at radius 2 is 1.84 bits per heavy atom. The molecule has 0 fully saturated rings. The number of nitrogens with zero attached hydrogens (tertiary/aromatic N) is 2. The maximum absolute atomic E-state index is 4.40. The third-order valence-electron chi connectivity index (χ3n) is 2.68. The summed E-state index contributed by atoms with van der Waals surface area (Å²) in [5.74, 6) is 2.44. The summed E-state index contributed by atoms with van der Waals surface area (Å²) in [6, 6.07) is 10.2. The fraction of sp³-hybridized carbons (Fsp3) is 0.333. The molecule has 0 atom stereocenters. The summed E-state index contributed by atoms with van der Waals surface area (Å²) >= 11 is 0. The van der Waals surface area contributed by atoms with Crippen LogP contribution in [0.25, 0.3) is 0 Å². The zero-order valence-electron chi connectivity index (χ0n) is 11.7. The van der Waals surface area contributed by atoms with Gasteiger partial charge in [0.1, 0.15) is 17.5 Å². The average molecular weight is 256 g/mol. The SMILES string of the molecule is CCCNc1cc(Nc2cccc(C)c2)nc(C)n1. The first kappa shape index (κ1) is 13.3. The largest absolute Gasteiger partial charge is 0.370 e.